The van der Waals surface area contributed by atoms with Gasteiger partial charge in [-0.25, -0.2) is 14.5 Å². The summed E-state index contributed by atoms with van der Waals surface area (Å²) in [5, 5.41) is 9.93. The van der Waals surface area contributed by atoms with E-state index in [2.05, 4.69) is 16.2 Å². The summed E-state index contributed by atoms with van der Waals surface area (Å²) < 4.78 is 86.6. The Hall–Kier alpha value is -2.36. The van der Waals surface area contributed by atoms with Crippen LogP contribution in [-0.4, -0.2) is 128 Å². The van der Waals surface area contributed by atoms with E-state index < -0.39 is 82.5 Å². The number of hydrogen-bond acceptors (Lipinski definition) is 15. The lowest BCUT2D eigenvalue weighted by Gasteiger charge is -2.44. The molecule has 5 atom stereocenters. The van der Waals surface area contributed by atoms with Gasteiger partial charge in [0, 0.05) is 32.0 Å². The number of alkyl halides is 1. The highest BCUT2D eigenvalue weighted by Crippen LogP contribution is 2.62. The minimum Gasteiger partial charge on any atom is -0.465 e. The molecular formula is C31H48ClN6O13PS. The standard InChI is InChI=1S/C31H48ClN6O13PS/c1-6-48-52(42,49-7-2)31(19-45-5,25(39)37-53(43,44)38-13-10-14-38)47-18-29-22(50-27(3,4)51-29)17-46-24(29)30(32)15-21(20-16-33-36-23(20)34-30)28(35-26(40)41)11-8-9-12-28/h15-16,22,24,35H,6-14,17-19H2,1-5H3,(H,37,39)(H,40,41)(H2,33,34,36)/t22-,24-,29-,30+,31-/m1/s1. The average molecular weight is 811 g/mol. The van der Waals surface area contributed by atoms with E-state index in [4.69, 9.17) is 49.3 Å². The van der Waals surface area contributed by atoms with Crippen LogP contribution in [-0.2, 0) is 52.3 Å². The van der Waals surface area contributed by atoms with Gasteiger partial charge in [0.05, 0.1) is 38.6 Å². The summed E-state index contributed by atoms with van der Waals surface area (Å²) in [5.74, 6) is -2.30. The van der Waals surface area contributed by atoms with Crippen molar-refractivity contribution in [2.24, 2.45) is 4.99 Å². The molecule has 4 fully saturated rings. The highest BCUT2D eigenvalue weighted by Gasteiger charge is 2.70. The Morgan fingerprint density at radius 2 is 1.87 bits per heavy atom. The summed E-state index contributed by atoms with van der Waals surface area (Å²) in [6.07, 6.45) is 3.05. The van der Waals surface area contributed by atoms with Crippen LogP contribution in [0.4, 0.5) is 4.79 Å². The first-order valence-corrected chi connectivity index (χ1v) is 20.9. The number of carboxylic acid groups (broad SMARTS) is 1. The van der Waals surface area contributed by atoms with Crippen molar-refractivity contribution in [2.45, 2.75) is 99.3 Å². The van der Waals surface area contributed by atoms with Gasteiger partial charge >= 0.3 is 23.9 Å². The summed E-state index contributed by atoms with van der Waals surface area (Å²) in [6, 6.07) is 0. The van der Waals surface area contributed by atoms with E-state index in [1.807, 2.05) is 4.72 Å². The number of hydrogen-bond donors (Lipinski definition) is 5. The maximum absolute atomic E-state index is 14.8. The maximum atomic E-state index is 14.8. The Labute approximate surface area is 313 Å². The summed E-state index contributed by atoms with van der Waals surface area (Å²) in [6.45, 7) is 4.82. The van der Waals surface area contributed by atoms with Crippen LogP contribution < -0.4 is 20.9 Å². The lowest BCUT2D eigenvalue weighted by molar-refractivity contribution is -0.217. The second-order valence-electron chi connectivity index (χ2n) is 14.1. The Balaban J connectivity index is 1.45. The molecule has 0 spiro atoms. The number of fused-ring (bicyclic) bond motifs is 2. The van der Waals surface area contributed by atoms with Crippen molar-refractivity contribution in [1.82, 2.24) is 25.2 Å². The molecule has 6 rings (SSSR count). The normalized spacial score (nSPS) is 31.5. The largest absolute Gasteiger partial charge is 0.465 e. The number of ether oxygens (including phenoxy) is 5. The Bertz CT molecular complexity index is 1710. The zero-order chi connectivity index (χ0) is 38.5. The number of aliphatic imine (C=N–C) groups is 1. The molecule has 298 valence electrons. The van der Waals surface area contributed by atoms with Crippen LogP contribution in [0.1, 0.15) is 59.8 Å². The topological polar surface area (TPSA) is 234 Å². The van der Waals surface area contributed by atoms with Crippen molar-refractivity contribution in [1.29, 1.82) is 0 Å². The van der Waals surface area contributed by atoms with Crippen molar-refractivity contribution in [3.63, 3.8) is 0 Å². The van der Waals surface area contributed by atoms with E-state index in [-0.39, 0.29) is 32.9 Å². The van der Waals surface area contributed by atoms with Gasteiger partial charge in [0.2, 0.25) is 0 Å². The molecule has 1 aliphatic carbocycles. The minimum absolute atomic E-state index is 0.0890. The van der Waals surface area contributed by atoms with E-state index in [0.717, 1.165) is 17.1 Å². The number of carbonyl (C=O) groups excluding carboxylic acids is 1. The molecule has 22 heteroatoms. The number of halogens is 1. The van der Waals surface area contributed by atoms with E-state index >= 15 is 0 Å². The molecule has 0 aromatic heterocycles. The third-order valence-corrected chi connectivity index (χ3v) is 14.6. The van der Waals surface area contributed by atoms with E-state index in [1.165, 1.54) is 21.0 Å². The molecule has 53 heavy (non-hydrogen) atoms. The number of methoxy groups -OCH3 is 1. The third kappa shape index (κ3) is 7.02. The molecule has 0 aromatic rings. The fourth-order valence-electron chi connectivity index (χ4n) is 7.89. The molecule has 6 aliphatic rings. The summed E-state index contributed by atoms with van der Waals surface area (Å²) in [4.78, 5) is 29.5. The number of nitrogens with one attached hydrogen (secondary N) is 4. The molecule has 1 saturated carbocycles. The number of nitrogens with zero attached hydrogens (tertiary/aromatic N) is 2. The summed E-state index contributed by atoms with van der Waals surface area (Å²) in [5.41, 5.74) is 4.35. The van der Waals surface area contributed by atoms with Crippen molar-refractivity contribution in [3.8, 4) is 0 Å². The molecule has 19 nitrogen and oxygen atoms in total. The summed E-state index contributed by atoms with van der Waals surface area (Å²) >= 11 is 7.53. The van der Waals surface area contributed by atoms with Gasteiger partial charge in [0.1, 0.15) is 12.2 Å². The first-order chi connectivity index (χ1) is 24.9. The predicted molar refractivity (Wildman–Crippen MR) is 188 cm³/mol. The van der Waals surface area contributed by atoms with Crippen LogP contribution >= 0.6 is 19.2 Å². The van der Waals surface area contributed by atoms with Gasteiger partial charge in [-0.1, -0.05) is 24.4 Å². The number of rotatable bonds is 16. The molecule has 0 aromatic carbocycles. The van der Waals surface area contributed by atoms with Crippen LogP contribution in [0.3, 0.4) is 0 Å². The van der Waals surface area contributed by atoms with Crippen molar-refractivity contribution in [3.05, 3.63) is 23.4 Å². The van der Waals surface area contributed by atoms with Gasteiger partial charge < -0.3 is 48.6 Å². The number of amidine groups is 1. The Morgan fingerprint density at radius 1 is 1.19 bits per heavy atom. The van der Waals surface area contributed by atoms with Crippen molar-refractivity contribution >= 4 is 47.2 Å². The quantitative estimate of drug-likeness (QED) is 0.0850. The molecule has 5 aliphatic heterocycles. The van der Waals surface area contributed by atoms with Crippen LogP contribution in [0.15, 0.2) is 28.4 Å². The van der Waals surface area contributed by atoms with Gasteiger partial charge in [-0.3, -0.25) is 14.8 Å². The molecule has 0 bridgehead atoms. The second-order valence-corrected chi connectivity index (χ2v) is 18.6. The molecular weight excluding hydrogens is 763 g/mol. The first-order valence-electron chi connectivity index (χ1n) is 17.5. The number of dihydropyridines is 1. The Morgan fingerprint density at radius 3 is 2.45 bits per heavy atom. The van der Waals surface area contributed by atoms with Gasteiger partial charge in [0.15, 0.2) is 22.2 Å². The van der Waals surface area contributed by atoms with Crippen LogP contribution in [0, 0.1) is 0 Å². The van der Waals surface area contributed by atoms with Gasteiger partial charge in [-0.15, -0.1) is 0 Å². The van der Waals surface area contributed by atoms with Crippen LogP contribution in [0.5, 0.6) is 0 Å². The first kappa shape index (κ1) is 40.3. The fourth-order valence-corrected chi connectivity index (χ4v) is 11.7. The monoisotopic (exact) mass is 810 g/mol. The molecule has 5 heterocycles. The zero-order valence-electron chi connectivity index (χ0n) is 30.3. The van der Waals surface area contributed by atoms with Crippen molar-refractivity contribution in [2.75, 3.05) is 53.2 Å². The van der Waals surface area contributed by atoms with Crippen LogP contribution in [0.25, 0.3) is 0 Å². The molecule has 0 radical (unpaired) electrons. The number of hydrazine groups is 1. The second kappa shape index (κ2) is 14.6. The fraction of sp³-hybridized carbons (Fsp3) is 0.774. The van der Waals surface area contributed by atoms with Crippen LogP contribution in [0.2, 0.25) is 0 Å². The summed E-state index contributed by atoms with van der Waals surface area (Å²) in [7, 11) is -7.92. The van der Waals surface area contributed by atoms with Gasteiger partial charge in [0.25, 0.3) is 11.2 Å². The van der Waals surface area contributed by atoms with E-state index in [1.54, 1.807) is 26.1 Å². The lowest BCUT2D eigenvalue weighted by atomic mass is 9.78. The maximum Gasteiger partial charge on any atom is 0.405 e. The lowest BCUT2D eigenvalue weighted by Crippen LogP contribution is -2.62. The molecule has 5 N–H and O–H groups in total. The number of amides is 2. The number of carbonyl (C=O) groups is 2. The zero-order valence-corrected chi connectivity index (χ0v) is 32.7. The highest BCUT2D eigenvalue weighted by molar-refractivity contribution is 7.87. The van der Waals surface area contributed by atoms with Crippen molar-refractivity contribution < 1.29 is 60.4 Å². The minimum atomic E-state index is -4.74. The SMILES string of the molecule is CCOP(=O)(OCC)[C@@](COC)(OC[C@@]12OC(C)(C)O[C@@H]1CO[C@H]2[C@]1(Cl)C=C(C2(NC(=O)O)CCCC2)C2=CNNC2=N1)C(=O)NS(=O)(=O)N1CCC1. The van der Waals surface area contributed by atoms with E-state index in [0.29, 0.717) is 36.2 Å². The van der Waals surface area contributed by atoms with E-state index in [9.17, 15) is 27.7 Å². The van der Waals surface area contributed by atoms with Gasteiger partial charge in [-0.2, -0.15) is 12.7 Å². The third-order valence-electron chi connectivity index (χ3n) is 10.2. The average Bonchev–Trinajstić information content (AvgIpc) is 3.80. The highest BCUT2D eigenvalue weighted by atomic mass is 35.5. The predicted octanol–water partition coefficient (Wildman–Crippen LogP) is 1.81. The smallest absolute Gasteiger partial charge is 0.405 e. The molecule has 2 amide bonds. The van der Waals surface area contributed by atoms with Gasteiger partial charge in [-0.05, 0) is 58.6 Å². The molecule has 0 unspecified atom stereocenters. The molecule has 3 saturated heterocycles. The Kier molecular flexibility index (Phi) is 11.1.